The lowest BCUT2D eigenvalue weighted by Crippen LogP contribution is -2.40. The number of hydrogen-bond acceptors (Lipinski definition) is 5. The van der Waals surface area contributed by atoms with E-state index < -0.39 is 0 Å². The molecule has 31 heavy (non-hydrogen) atoms. The molecule has 1 unspecified atom stereocenters. The molecule has 0 bridgehead atoms. The number of benzene rings is 2. The van der Waals surface area contributed by atoms with Crippen molar-refractivity contribution in [1.29, 1.82) is 0 Å². The van der Waals surface area contributed by atoms with Crippen molar-refractivity contribution in [2.45, 2.75) is 32.2 Å². The molecule has 6 nitrogen and oxygen atoms in total. The van der Waals surface area contributed by atoms with Gasteiger partial charge in [-0.15, -0.1) is 0 Å². The van der Waals surface area contributed by atoms with E-state index in [1.54, 1.807) is 13.2 Å². The fourth-order valence-electron chi connectivity index (χ4n) is 4.03. The van der Waals surface area contributed by atoms with Crippen LogP contribution in [0.5, 0.6) is 5.75 Å². The molecule has 1 N–H and O–H groups in total. The Labute approximate surface area is 183 Å². The predicted octanol–water partition coefficient (Wildman–Crippen LogP) is 4.62. The fourth-order valence-corrected chi connectivity index (χ4v) is 4.03. The van der Waals surface area contributed by atoms with E-state index >= 15 is 0 Å². The highest BCUT2D eigenvalue weighted by Crippen LogP contribution is 2.26. The molecule has 162 valence electrons. The van der Waals surface area contributed by atoms with Gasteiger partial charge in [-0.3, -0.25) is 9.69 Å². The van der Waals surface area contributed by atoms with Crippen molar-refractivity contribution >= 4 is 5.91 Å². The highest BCUT2D eigenvalue weighted by atomic mass is 16.5. The molecule has 0 radical (unpaired) electrons. The lowest BCUT2D eigenvalue weighted by Gasteiger charge is -2.35. The van der Waals surface area contributed by atoms with Crippen LogP contribution in [0.25, 0.3) is 11.3 Å². The van der Waals surface area contributed by atoms with E-state index in [0.717, 1.165) is 24.4 Å². The third-order valence-electron chi connectivity index (χ3n) is 5.87. The van der Waals surface area contributed by atoms with E-state index in [0.29, 0.717) is 18.0 Å². The summed E-state index contributed by atoms with van der Waals surface area (Å²) in [6.45, 7) is 4.62. The highest BCUT2D eigenvalue weighted by Gasteiger charge is 2.24. The zero-order chi connectivity index (χ0) is 21.6. The first-order valence-corrected chi connectivity index (χ1v) is 10.8. The number of nitrogens with one attached hydrogen (secondary N) is 1. The molecule has 1 aliphatic heterocycles. The van der Waals surface area contributed by atoms with Crippen molar-refractivity contribution in [3.8, 4) is 17.1 Å². The van der Waals surface area contributed by atoms with Crippen LogP contribution in [0.15, 0.2) is 59.1 Å². The van der Waals surface area contributed by atoms with Crippen molar-refractivity contribution in [3.05, 3.63) is 71.4 Å². The first kappa shape index (κ1) is 21.1. The maximum atomic E-state index is 12.8. The predicted molar refractivity (Wildman–Crippen MR) is 120 cm³/mol. The van der Waals surface area contributed by atoms with Crippen molar-refractivity contribution in [2.24, 2.45) is 0 Å². The van der Waals surface area contributed by atoms with E-state index in [4.69, 9.17) is 9.26 Å². The van der Waals surface area contributed by atoms with Gasteiger partial charge in [-0.25, -0.2) is 0 Å². The van der Waals surface area contributed by atoms with Gasteiger partial charge in [-0.05, 0) is 50.6 Å². The number of ether oxygens (including phenoxy) is 1. The van der Waals surface area contributed by atoms with Gasteiger partial charge in [0, 0.05) is 18.2 Å². The molecule has 1 atom stereocenters. The van der Waals surface area contributed by atoms with Crippen LogP contribution in [0.3, 0.4) is 0 Å². The Bertz CT molecular complexity index is 990. The number of aryl methyl sites for hydroxylation is 1. The van der Waals surface area contributed by atoms with Crippen LogP contribution in [0.1, 0.15) is 46.9 Å². The second kappa shape index (κ2) is 9.79. The molecule has 6 heteroatoms. The number of rotatable bonds is 7. The number of likely N-dealkylation sites (tertiary alicyclic amines) is 1. The van der Waals surface area contributed by atoms with Crippen molar-refractivity contribution < 1.29 is 14.1 Å². The van der Waals surface area contributed by atoms with Gasteiger partial charge in [-0.1, -0.05) is 53.5 Å². The zero-order valence-electron chi connectivity index (χ0n) is 18.1. The van der Waals surface area contributed by atoms with Crippen LogP contribution in [0, 0.1) is 6.92 Å². The van der Waals surface area contributed by atoms with E-state index in [2.05, 4.69) is 27.5 Å². The van der Waals surface area contributed by atoms with Gasteiger partial charge in [0.05, 0.1) is 13.2 Å². The van der Waals surface area contributed by atoms with Crippen molar-refractivity contribution in [1.82, 2.24) is 15.4 Å². The summed E-state index contributed by atoms with van der Waals surface area (Å²) in [7, 11) is 1.67. The van der Waals surface area contributed by atoms with E-state index in [-0.39, 0.29) is 11.9 Å². The van der Waals surface area contributed by atoms with E-state index in [1.807, 2.05) is 43.3 Å². The number of carbonyl (C=O) groups excluding carboxylic acids is 1. The minimum absolute atomic E-state index is 0.110. The number of nitrogens with zero attached hydrogens (tertiary/aromatic N) is 2. The summed E-state index contributed by atoms with van der Waals surface area (Å²) in [6.07, 6.45) is 3.63. The third kappa shape index (κ3) is 5.14. The Morgan fingerprint density at radius 3 is 2.48 bits per heavy atom. The monoisotopic (exact) mass is 419 g/mol. The average Bonchev–Trinajstić information content (AvgIpc) is 3.31. The smallest absolute Gasteiger partial charge is 0.273 e. The van der Waals surface area contributed by atoms with Gasteiger partial charge in [0.1, 0.15) is 5.75 Å². The molecule has 1 aromatic heterocycles. The first-order chi connectivity index (χ1) is 15.1. The number of carbonyl (C=O) groups is 1. The number of aromatic nitrogens is 1. The molecular weight excluding hydrogens is 390 g/mol. The molecule has 2 heterocycles. The molecule has 2 aromatic carbocycles. The van der Waals surface area contributed by atoms with Crippen LogP contribution in [0.2, 0.25) is 0 Å². The third-order valence-corrected chi connectivity index (χ3v) is 5.87. The van der Waals surface area contributed by atoms with E-state index in [9.17, 15) is 4.79 Å². The topological polar surface area (TPSA) is 67.6 Å². The normalized spacial score (nSPS) is 15.4. The number of methoxy groups -OCH3 is 1. The molecular formula is C25H29N3O3. The molecule has 1 amide bonds. The maximum Gasteiger partial charge on any atom is 0.273 e. The van der Waals surface area contributed by atoms with Crippen LogP contribution in [0.4, 0.5) is 0 Å². The lowest BCUT2D eigenvalue weighted by atomic mass is 10.0. The lowest BCUT2D eigenvalue weighted by molar-refractivity contribution is 0.0915. The van der Waals surface area contributed by atoms with Gasteiger partial charge in [0.2, 0.25) is 0 Å². The van der Waals surface area contributed by atoms with Crippen LogP contribution in [-0.2, 0) is 0 Å². The largest absolute Gasteiger partial charge is 0.497 e. The first-order valence-electron chi connectivity index (χ1n) is 10.8. The average molecular weight is 420 g/mol. The summed E-state index contributed by atoms with van der Waals surface area (Å²) in [5.41, 5.74) is 3.54. The Hall–Kier alpha value is -3.12. The molecule has 1 aliphatic rings. The summed E-state index contributed by atoms with van der Waals surface area (Å²) in [5, 5.41) is 7.05. The molecule has 1 saturated heterocycles. The van der Waals surface area contributed by atoms with Crippen molar-refractivity contribution in [3.63, 3.8) is 0 Å². The number of piperidine rings is 1. The SMILES string of the molecule is COc1ccc(C(CNC(=O)c2cc(-c3ccc(C)cc3)on2)N2CCCCC2)cc1. The van der Waals surface area contributed by atoms with Gasteiger partial charge in [-0.2, -0.15) is 0 Å². The highest BCUT2D eigenvalue weighted by molar-refractivity contribution is 5.93. The molecule has 0 spiro atoms. The van der Waals surface area contributed by atoms with Gasteiger partial charge < -0.3 is 14.6 Å². The number of amides is 1. The summed E-state index contributed by atoms with van der Waals surface area (Å²) in [5.74, 6) is 1.20. The van der Waals surface area contributed by atoms with Crippen molar-refractivity contribution in [2.75, 3.05) is 26.7 Å². The summed E-state index contributed by atoms with van der Waals surface area (Å²) in [6, 6.07) is 17.9. The Morgan fingerprint density at radius 1 is 1.10 bits per heavy atom. The standard InChI is InChI=1S/C25H29N3O3/c1-18-6-8-20(9-7-18)24-16-22(27-31-24)25(29)26-17-23(28-14-4-3-5-15-28)19-10-12-21(30-2)13-11-19/h6-13,16,23H,3-5,14-15,17H2,1-2H3,(H,26,29). The zero-order valence-corrected chi connectivity index (χ0v) is 18.1. The number of hydrogen-bond donors (Lipinski definition) is 1. The van der Waals surface area contributed by atoms with E-state index in [1.165, 1.54) is 30.4 Å². The summed E-state index contributed by atoms with van der Waals surface area (Å²) >= 11 is 0. The molecule has 4 rings (SSSR count). The Kier molecular flexibility index (Phi) is 6.67. The Balaban J connectivity index is 1.46. The quantitative estimate of drug-likeness (QED) is 0.605. The maximum absolute atomic E-state index is 12.8. The van der Waals surface area contributed by atoms with Gasteiger partial charge in [0.15, 0.2) is 11.5 Å². The van der Waals surface area contributed by atoms with Crippen LogP contribution >= 0.6 is 0 Å². The summed E-state index contributed by atoms with van der Waals surface area (Å²) < 4.78 is 10.7. The molecule has 1 fully saturated rings. The van der Waals surface area contributed by atoms with Gasteiger partial charge >= 0.3 is 0 Å². The second-order valence-electron chi connectivity index (χ2n) is 8.04. The Morgan fingerprint density at radius 2 is 1.81 bits per heavy atom. The second-order valence-corrected chi connectivity index (χ2v) is 8.04. The minimum atomic E-state index is -0.224. The van der Waals surface area contributed by atoms with Gasteiger partial charge in [0.25, 0.3) is 5.91 Å². The molecule has 0 aliphatic carbocycles. The fraction of sp³-hybridized carbons (Fsp3) is 0.360. The van der Waals surface area contributed by atoms with Crippen LogP contribution in [-0.4, -0.2) is 42.7 Å². The summed E-state index contributed by atoms with van der Waals surface area (Å²) in [4.78, 5) is 15.2. The molecule has 0 saturated carbocycles. The molecule has 3 aromatic rings. The minimum Gasteiger partial charge on any atom is -0.497 e. The van der Waals surface area contributed by atoms with Crippen LogP contribution < -0.4 is 10.1 Å².